The van der Waals surface area contributed by atoms with E-state index in [1.54, 1.807) is 6.92 Å². The van der Waals surface area contributed by atoms with Gasteiger partial charge < -0.3 is 9.88 Å². The lowest BCUT2D eigenvalue weighted by Gasteiger charge is -2.07. The number of rotatable bonds is 5. The summed E-state index contributed by atoms with van der Waals surface area (Å²) < 4.78 is 2.21. The Balaban J connectivity index is 1.42. The third-order valence-electron chi connectivity index (χ3n) is 5.39. The summed E-state index contributed by atoms with van der Waals surface area (Å²) in [5.74, 6) is 1.79. The van der Waals surface area contributed by atoms with Crippen LogP contribution in [0.4, 0.5) is 0 Å². The Bertz CT molecular complexity index is 1030. The third-order valence-corrected chi connectivity index (χ3v) is 5.39. The number of fused-ring (bicyclic) bond motifs is 1. The first-order chi connectivity index (χ1) is 14.0. The highest BCUT2D eigenvalue weighted by atomic mass is 16.2. The zero-order valence-corrected chi connectivity index (χ0v) is 17.3. The molecule has 1 aliphatic heterocycles. The largest absolute Gasteiger partial charge is 0.350 e. The van der Waals surface area contributed by atoms with Gasteiger partial charge >= 0.3 is 0 Å². The lowest BCUT2D eigenvalue weighted by Crippen LogP contribution is -2.27. The molecule has 1 aromatic carbocycles. The summed E-state index contributed by atoms with van der Waals surface area (Å²) in [5, 5.41) is 20.4. The van der Waals surface area contributed by atoms with Crippen molar-refractivity contribution in [1.29, 1.82) is 0 Å². The Labute approximate surface area is 170 Å². The molecule has 0 unspecified atom stereocenters. The molecule has 3 aromatic rings. The van der Waals surface area contributed by atoms with Crippen molar-refractivity contribution in [2.45, 2.75) is 59.4 Å². The fourth-order valence-corrected chi connectivity index (χ4v) is 3.83. The van der Waals surface area contributed by atoms with E-state index in [0.29, 0.717) is 24.4 Å². The van der Waals surface area contributed by atoms with Gasteiger partial charge in [0.15, 0.2) is 5.69 Å². The molecular formula is C21H27N7O. The second-order valence-electron chi connectivity index (χ2n) is 7.71. The average molecular weight is 393 g/mol. The maximum atomic E-state index is 12.7. The predicted molar refractivity (Wildman–Crippen MR) is 109 cm³/mol. The summed E-state index contributed by atoms with van der Waals surface area (Å²) in [5.41, 5.74) is 4.09. The van der Waals surface area contributed by atoms with Crippen LogP contribution in [0.3, 0.4) is 0 Å². The molecule has 0 atom stereocenters. The highest BCUT2D eigenvalue weighted by Gasteiger charge is 2.18. The summed E-state index contributed by atoms with van der Waals surface area (Å²) >= 11 is 0. The number of aromatic nitrogens is 6. The van der Waals surface area contributed by atoms with Crippen molar-refractivity contribution in [3.8, 4) is 5.69 Å². The fraction of sp³-hybridized carbons (Fsp3) is 0.476. The van der Waals surface area contributed by atoms with Gasteiger partial charge in [-0.05, 0) is 45.2 Å². The molecule has 1 amide bonds. The lowest BCUT2D eigenvalue weighted by molar-refractivity contribution is 0.0948. The number of nitrogens with one attached hydrogen (secondary N) is 1. The zero-order valence-electron chi connectivity index (χ0n) is 17.3. The van der Waals surface area contributed by atoms with Crippen molar-refractivity contribution in [3.63, 3.8) is 0 Å². The van der Waals surface area contributed by atoms with Gasteiger partial charge in [0.05, 0.1) is 11.4 Å². The highest BCUT2D eigenvalue weighted by molar-refractivity contribution is 5.93. The van der Waals surface area contributed by atoms with Crippen LogP contribution in [-0.4, -0.2) is 42.2 Å². The van der Waals surface area contributed by atoms with E-state index in [9.17, 15) is 4.79 Å². The van der Waals surface area contributed by atoms with E-state index in [1.807, 2.05) is 26.0 Å². The number of amides is 1. The summed E-state index contributed by atoms with van der Waals surface area (Å²) in [6.45, 7) is 7.33. The second-order valence-corrected chi connectivity index (χ2v) is 7.71. The van der Waals surface area contributed by atoms with Crippen molar-refractivity contribution in [3.05, 3.63) is 52.4 Å². The van der Waals surface area contributed by atoms with Crippen molar-refractivity contribution in [1.82, 2.24) is 35.1 Å². The van der Waals surface area contributed by atoms with Gasteiger partial charge in [0.1, 0.15) is 11.6 Å². The minimum absolute atomic E-state index is 0.214. The van der Waals surface area contributed by atoms with Crippen LogP contribution in [-0.2, 0) is 19.4 Å². The first-order valence-electron chi connectivity index (χ1n) is 10.2. The SMILES string of the molecule is Cc1ccc(-n2nc(C)c(C(=O)NCCc3nnc4n3CCCCC4)n2)c(C)c1. The molecule has 3 heterocycles. The van der Waals surface area contributed by atoms with E-state index in [1.165, 1.54) is 23.2 Å². The first-order valence-corrected chi connectivity index (χ1v) is 10.2. The standard InChI is InChI=1S/C21H27N7O/c1-14-8-9-17(15(2)13-14)28-25-16(3)20(26-28)21(29)22-11-10-19-24-23-18-7-5-4-6-12-27(18)19/h8-9,13H,4-7,10-12H2,1-3H3,(H,22,29). The number of aryl methyl sites for hydroxylation is 4. The Hall–Kier alpha value is -3.03. The van der Waals surface area contributed by atoms with Crippen LogP contribution in [0, 0.1) is 20.8 Å². The van der Waals surface area contributed by atoms with Crippen molar-refractivity contribution < 1.29 is 4.79 Å². The molecule has 0 aliphatic carbocycles. The van der Waals surface area contributed by atoms with E-state index >= 15 is 0 Å². The van der Waals surface area contributed by atoms with Gasteiger partial charge in [-0.3, -0.25) is 4.79 Å². The highest BCUT2D eigenvalue weighted by Crippen LogP contribution is 2.16. The van der Waals surface area contributed by atoms with Crippen molar-refractivity contribution >= 4 is 5.91 Å². The quantitative estimate of drug-likeness (QED) is 0.719. The van der Waals surface area contributed by atoms with E-state index in [4.69, 9.17) is 0 Å². The monoisotopic (exact) mass is 393 g/mol. The average Bonchev–Trinajstić information content (AvgIpc) is 3.16. The molecule has 8 nitrogen and oxygen atoms in total. The smallest absolute Gasteiger partial charge is 0.273 e. The summed E-state index contributed by atoms with van der Waals surface area (Å²) in [6.07, 6.45) is 5.20. The second kappa shape index (κ2) is 8.14. The maximum absolute atomic E-state index is 12.7. The van der Waals surface area contributed by atoms with Crippen molar-refractivity contribution in [2.24, 2.45) is 0 Å². The van der Waals surface area contributed by atoms with Gasteiger partial charge in [0.2, 0.25) is 0 Å². The molecule has 1 N–H and O–H groups in total. The molecule has 0 spiro atoms. The maximum Gasteiger partial charge on any atom is 0.273 e. The van der Waals surface area contributed by atoms with Crippen LogP contribution in [0.2, 0.25) is 0 Å². The van der Waals surface area contributed by atoms with Crippen LogP contribution in [0.25, 0.3) is 5.69 Å². The molecule has 0 fully saturated rings. The zero-order chi connectivity index (χ0) is 20.4. The Morgan fingerprint density at radius 3 is 2.79 bits per heavy atom. The minimum Gasteiger partial charge on any atom is -0.350 e. The topological polar surface area (TPSA) is 90.5 Å². The molecule has 1 aliphatic rings. The van der Waals surface area contributed by atoms with Crippen molar-refractivity contribution in [2.75, 3.05) is 6.54 Å². The van der Waals surface area contributed by atoms with Gasteiger partial charge in [0.25, 0.3) is 5.91 Å². The summed E-state index contributed by atoms with van der Waals surface area (Å²) in [6, 6.07) is 6.07. The van der Waals surface area contributed by atoms with Gasteiger partial charge in [-0.2, -0.15) is 9.90 Å². The lowest BCUT2D eigenvalue weighted by atomic mass is 10.1. The molecular weight excluding hydrogens is 366 g/mol. The van der Waals surface area contributed by atoms with Crippen LogP contribution >= 0.6 is 0 Å². The Morgan fingerprint density at radius 2 is 1.97 bits per heavy atom. The van der Waals surface area contributed by atoms with Gasteiger partial charge in [-0.15, -0.1) is 15.3 Å². The molecule has 8 heteroatoms. The van der Waals surface area contributed by atoms with Crippen LogP contribution in [0.15, 0.2) is 18.2 Å². The number of carbonyl (C=O) groups is 1. The first kappa shape index (κ1) is 19.3. The number of carbonyl (C=O) groups excluding carboxylic acids is 1. The molecule has 4 rings (SSSR count). The van der Waals surface area contributed by atoms with E-state index in [-0.39, 0.29) is 5.91 Å². The van der Waals surface area contributed by atoms with Gasteiger partial charge in [-0.25, -0.2) is 0 Å². The fourth-order valence-electron chi connectivity index (χ4n) is 3.83. The number of benzene rings is 1. The molecule has 29 heavy (non-hydrogen) atoms. The van der Waals surface area contributed by atoms with E-state index in [0.717, 1.165) is 42.3 Å². The molecule has 0 saturated heterocycles. The number of nitrogens with zero attached hydrogens (tertiary/aromatic N) is 6. The number of hydrogen-bond donors (Lipinski definition) is 1. The Kier molecular flexibility index (Phi) is 5.42. The van der Waals surface area contributed by atoms with Crippen LogP contribution in [0.5, 0.6) is 0 Å². The molecule has 2 aromatic heterocycles. The molecule has 152 valence electrons. The summed E-state index contributed by atoms with van der Waals surface area (Å²) in [4.78, 5) is 14.2. The minimum atomic E-state index is -0.214. The Morgan fingerprint density at radius 1 is 1.10 bits per heavy atom. The number of hydrogen-bond acceptors (Lipinski definition) is 5. The normalized spacial score (nSPS) is 13.8. The van der Waals surface area contributed by atoms with E-state index < -0.39 is 0 Å². The van der Waals surface area contributed by atoms with Gasteiger partial charge in [0, 0.05) is 25.9 Å². The molecule has 0 bridgehead atoms. The van der Waals surface area contributed by atoms with E-state index in [2.05, 4.69) is 36.3 Å². The van der Waals surface area contributed by atoms with Gasteiger partial charge in [-0.1, -0.05) is 24.1 Å². The molecule has 0 saturated carbocycles. The van der Waals surface area contributed by atoms with Crippen LogP contribution in [0.1, 0.15) is 58.2 Å². The molecule has 0 radical (unpaired) electrons. The van der Waals surface area contributed by atoms with Crippen LogP contribution < -0.4 is 5.32 Å². The predicted octanol–water partition coefficient (Wildman–Crippen LogP) is 2.48. The summed E-state index contributed by atoms with van der Waals surface area (Å²) in [7, 11) is 0. The third kappa shape index (κ3) is 4.06.